The van der Waals surface area contributed by atoms with Crippen molar-refractivity contribution in [2.75, 3.05) is 40.5 Å². The Morgan fingerprint density at radius 1 is 0.708 bits per heavy atom. The summed E-state index contributed by atoms with van der Waals surface area (Å²) in [5, 5.41) is 11.5. The summed E-state index contributed by atoms with van der Waals surface area (Å²) in [7, 11) is 4.84. The molecule has 0 aliphatic heterocycles. The molecule has 1 unspecified atom stereocenters. The first-order valence-corrected chi connectivity index (χ1v) is 30.3. The summed E-state index contributed by atoms with van der Waals surface area (Å²) < 4.78 is 23.1. The van der Waals surface area contributed by atoms with Gasteiger partial charge < -0.3 is 61.1 Å². The number of nitrogens with two attached hydrogens (primary N) is 2. The van der Waals surface area contributed by atoms with Crippen LogP contribution in [0.15, 0.2) is 66.4 Å². The fraction of sp³-hybridized carbons (Fsp3) is 0.585. The summed E-state index contributed by atoms with van der Waals surface area (Å²) in [4.78, 5) is 152. The third-order valence-corrected chi connectivity index (χ3v) is 15.5. The van der Waals surface area contributed by atoms with Crippen LogP contribution in [0, 0.1) is 23.2 Å². The summed E-state index contributed by atoms with van der Waals surface area (Å²) in [6, 6.07) is 6.71. The van der Waals surface area contributed by atoms with Crippen molar-refractivity contribution in [1.29, 1.82) is 0 Å². The number of rotatable bonds is 34. The first-order chi connectivity index (χ1) is 41.6. The number of fused-ring (bicyclic) bond motifs is 1. The smallest absolute Gasteiger partial charge is 0.410 e. The average molecular weight is 1240 g/mol. The predicted molar refractivity (Wildman–Crippen MR) is 335 cm³/mol. The number of urea groups is 1. The first kappa shape index (κ1) is 75.1. The maximum absolute atomic E-state index is 15.4. The fourth-order valence-electron chi connectivity index (χ4n) is 10.3. The monoisotopic (exact) mass is 1240 g/mol. The van der Waals surface area contributed by atoms with E-state index < -0.39 is 119 Å². The Morgan fingerprint density at radius 2 is 1.30 bits per heavy atom. The van der Waals surface area contributed by atoms with Gasteiger partial charge in [-0.2, -0.15) is 0 Å². The van der Waals surface area contributed by atoms with Crippen molar-refractivity contribution < 1.29 is 71.7 Å². The molecule has 0 spiro atoms. The van der Waals surface area contributed by atoms with Crippen LogP contribution in [0.5, 0.6) is 0 Å². The van der Waals surface area contributed by atoms with Crippen LogP contribution in [0.3, 0.4) is 0 Å². The van der Waals surface area contributed by atoms with E-state index in [-0.39, 0.29) is 81.8 Å². The highest BCUT2D eigenvalue weighted by Crippen LogP contribution is 2.37. The van der Waals surface area contributed by atoms with E-state index in [0.717, 1.165) is 16.5 Å². The van der Waals surface area contributed by atoms with E-state index in [1.165, 1.54) is 43.8 Å². The maximum Gasteiger partial charge on any atom is 0.410 e. The minimum absolute atomic E-state index is 0.0112. The van der Waals surface area contributed by atoms with Crippen molar-refractivity contribution in [2.45, 2.75) is 177 Å². The van der Waals surface area contributed by atoms with Gasteiger partial charge >= 0.3 is 30.0 Å². The van der Waals surface area contributed by atoms with Gasteiger partial charge in [-0.25, -0.2) is 14.4 Å². The molecular weight excluding hydrogens is 1150 g/mol. The molecule has 1 aromatic heterocycles. The lowest BCUT2D eigenvalue weighted by Gasteiger charge is -2.42. The number of carbonyl (C=O) groups is 11. The van der Waals surface area contributed by atoms with E-state index in [9.17, 15) is 43.2 Å². The maximum atomic E-state index is 15.4. The molecule has 1 heterocycles. The highest BCUT2D eigenvalue weighted by Gasteiger charge is 2.47. The van der Waals surface area contributed by atoms with E-state index in [4.69, 9.17) is 30.4 Å². The van der Waals surface area contributed by atoms with Gasteiger partial charge in [0.05, 0.1) is 43.9 Å². The van der Waals surface area contributed by atoms with Gasteiger partial charge in [-0.05, 0) is 87.0 Å². The zero-order chi connectivity index (χ0) is 67.2. The number of hydrogen-bond acceptors (Lipinski definition) is 16. The Balaban J connectivity index is 1.97. The van der Waals surface area contributed by atoms with E-state index in [1.54, 1.807) is 72.7 Å². The summed E-state index contributed by atoms with van der Waals surface area (Å²) in [6.45, 7) is 22.3. The molecule has 0 bridgehead atoms. The third-order valence-electron chi connectivity index (χ3n) is 15.5. The molecule has 24 nitrogen and oxygen atoms in total. The number of ether oxygens (including phenoxy) is 4. The van der Waals surface area contributed by atoms with Crippen LogP contribution >= 0.6 is 0 Å². The lowest BCUT2D eigenvalue weighted by molar-refractivity contribution is -0.154. The van der Waals surface area contributed by atoms with Crippen LogP contribution in [-0.2, 0) is 87.6 Å². The number of aryl methyl sites for hydroxylation is 1. The Labute approximate surface area is 523 Å². The molecule has 0 radical (unpaired) electrons. The number of ketones is 2. The highest BCUT2D eigenvalue weighted by molar-refractivity contribution is 6.08. The van der Waals surface area contributed by atoms with Gasteiger partial charge in [-0.1, -0.05) is 111 Å². The van der Waals surface area contributed by atoms with Crippen molar-refractivity contribution in [3.05, 3.63) is 83.1 Å². The molecule has 0 saturated heterocycles. The van der Waals surface area contributed by atoms with E-state index in [0.29, 0.717) is 17.5 Å². The summed E-state index contributed by atoms with van der Waals surface area (Å²) in [5.41, 5.74) is 11.9. The second-order valence-electron chi connectivity index (χ2n) is 24.6. The Kier molecular flexibility index (Phi) is 29.2. The number of nitrogens with one attached hydrogen (secondary N) is 4. The van der Waals surface area contributed by atoms with E-state index in [2.05, 4.69) is 21.3 Å². The molecule has 0 fully saturated rings. The van der Waals surface area contributed by atoms with Gasteiger partial charge in [0.2, 0.25) is 23.6 Å². The molecule has 0 aliphatic rings. The predicted octanol–water partition coefficient (Wildman–Crippen LogP) is 5.61. The summed E-state index contributed by atoms with van der Waals surface area (Å²) in [6.07, 6.45) is 2.16. The lowest BCUT2D eigenvalue weighted by atomic mass is 9.76. The number of Topliss-reactive ketones (excluding diaryl/α,β-unsaturated/α-hetero) is 2. The van der Waals surface area contributed by atoms with E-state index in [1.807, 2.05) is 69.8 Å². The molecular formula is C65H97N9O15. The lowest BCUT2D eigenvalue weighted by Crippen LogP contribution is -2.63. The normalized spacial score (nSPS) is 14.2. The third kappa shape index (κ3) is 21.8. The molecule has 7 atom stereocenters. The summed E-state index contributed by atoms with van der Waals surface area (Å²) >= 11 is 0. The second kappa shape index (κ2) is 34.6. The average Bonchev–Trinajstić information content (AvgIpc) is 1.72. The van der Waals surface area contributed by atoms with Crippen molar-refractivity contribution in [1.82, 2.24) is 35.6 Å². The van der Waals surface area contributed by atoms with Crippen molar-refractivity contribution in [3.8, 4) is 0 Å². The number of aromatic nitrogens is 1. The van der Waals surface area contributed by atoms with Crippen molar-refractivity contribution in [2.24, 2.45) is 41.7 Å². The van der Waals surface area contributed by atoms with Gasteiger partial charge in [-0.3, -0.25) is 43.3 Å². The van der Waals surface area contributed by atoms with Crippen LogP contribution in [0.2, 0.25) is 0 Å². The standard InChI is InChI=1S/C65H97N9O15/c1-17-86-51(77)31-30-43(60(82)87-18-2)35-50(76)53(61(83)88-19-3)70-56(78)40(8)33-48(38(4)5)73(15)59(81)54(64(9,10)11)71-58(80)55(65(12,13)45-36-72(14)47-25-21-20-23-44(45)47)74(16)63(85)89-37-42-28-26-41(27-29-42)34-49(75)46(24-22-32-68-62(67)84)69-57(79)52(66)39(6)7/h20-21,23,25-29,33,36,38-39,43,46,48,52-55H,17-19,22,24,30-32,34-35,37,66H2,1-16H3,(H,69,79)(H,70,78)(H,71,80)(H3,67,68,84)/b40-33+/t43-,46-,48+,52-,53+,54+,55?/m0/s1. The largest absolute Gasteiger partial charge is 0.466 e. The van der Waals surface area contributed by atoms with Crippen molar-refractivity contribution >= 4 is 76.1 Å². The van der Waals surface area contributed by atoms with E-state index >= 15 is 9.59 Å². The number of nitrogens with zero attached hydrogens (tertiary/aromatic N) is 3. The van der Waals surface area contributed by atoms with Gasteiger partial charge in [0.1, 0.15) is 18.7 Å². The number of primary amides is 1. The zero-order valence-corrected chi connectivity index (χ0v) is 54.9. The number of para-hydroxylation sites is 1. The topological polar surface area (TPSA) is 336 Å². The minimum Gasteiger partial charge on any atom is -0.466 e. The summed E-state index contributed by atoms with van der Waals surface area (Å²) in [5.74, 6) is -7.85. The number of benzene rings is 2. The molecule has 3 rings (SSSR count). The van der Waals surface area contributed by atoms with Gasteiger partial charge in [0.15, 0.2) is 17.6 Å². The number of likely N-dealkylation sites (N-methyl/N-ethyl adjacent to an activating group) is 2. The molecule has 0 aliphatic carbocycles. The highest BCUT2D eigenvalue weighted by atomic mass is 16.6. The number of hydrogen-bond donors (Lipinski definition) is 6. The van der Waals surface area contributed by atoms with Gasteiger partial charge in [0, 0.05) is 75.0 Å². The Hall–Kier alpha value is -8.15. The SMILES string of the molecule is CCOC(=O)CC[C@@H](CC(=O)[C@@H](NC(=O)/C(C)=C/[C@H](C(C)C)N(C)C(=O)[C@@H](NC(=O)C(N(C)C(=O)OCc1ccc(CC(=O)[C@H](CCCNC(N)=O)NC(=O)[C@@H](N)C(C)C)cc1)C(C)(C)c1cn(C)c2ccccc12)C(C)(C)C)C(=O)OCC)C(=O)OCC. The molecule has 89 heavy (non-hydrogen) atoms. The molecule has 24 heteroatoms. The van der Waals surface area contributed by atoms with Crippen LogP contribution in [-0.4, -0.2) is 156 Å². The molecule has 7 amide bonds. The van der Waals surface area contributed by atoms with Crippen LogP contribution in [0.1, 0.15) is 139 Å². The quantitative estimate of drug-likeness (QED) is 0.0139. The van der Waals surface area contributed by atoms with Crippen LogP contribution in [0.25, 0.3) is 10.9 Å². The molecule has 3 aromatic rings. The fourth-order valence-corrected chi connectivity index (χ4v) is 10.3. The first-order valence-electron chi connectivity index (χ1n) is 30.3. The number of esters is 3. The Bertz CT molecular complexity index is 3000. The van der Waals surface area contributed by atoms with Crippen molar-refractivity contribution in [3.63, 3.8) is 0 Å². The second-order valence-corrected chi connectivity index (χ2v) is 24.6. The van der Waals surface area contributed by atoms with Crippen LogP contribution in [0.4, 0.5) is 9.59 Å². The van der Waals surface area contributed by atoms with Crippen LogP contribution < -0.4 is 32.7 Å². The molecule has 8 N–H and O–H groups in total. The zero-order valence-electron chi connectivity index (χ0n) is 54.9. The molecule has 0 saturated carbocycles. The Morgan fingerprint density at radius 3 is 1.88 bits per heavy atom. The minimum atomic E-state index is -1.85. The van der Waals surface area contributed by atoms with Gasteiger partial charge in [-0.15, -0.1) is 0 Å². The molecule has 492 valence electrons. The number of carbonyl (C=O) groups excluding carboxylic acids is 11. The number of amides is 7. The van der Waals surface area contributed by atoms with Gasteiger partial charge in [0.25, 0.3) is 0 Å². The molecule has 2 aromatic carbocycles.